The van der Waals surface area contributed by atoms with Crippen molar-refractivity contribution < 1.29 is 13.2 Å². The van der Waals surface area contributed by atoms with E-state index in [-0.39, 0.29) is 17.3 Å². The van der Waals surface area contributed by atoms with Crippen molar-refractivity contribution in [3.05, 3.63) is 36.5 Å². The first-order chi connectivity index (χ1) is 9.99. The van der Waals surface area contributed by atoms with Crippen LogP contribution < -0.4 is 15.2 Å². The molecule has 0 bridgehead atoms. The van der Waals surface area contributed by atoms with Crippen LogP contribution in [0.25, 0.3) is 0 Å². The second kappa shape index (κ2) is 6.59. The minimum atomic E-state index is -3.63. The summed E-state index contributed by atoms with van der Waals surface area (Å²) in [5.41, 5.74) is 5.56. The Kier molecular flexibility index (Phi) is 4.81. The number of nitrogen functional groups attached to an aromatic ring is 1. The summed E-state index contributed by atoms with van der Waals surface area (Å²) >= 11 is 0. The van der Waals surface area contributed by atoms with Crippen LogP contribution in [0, 0.1) is 0 Å². The molecule has 1 aromatic carbocycles. The summed E-state index contributed by atoms with van der Waals surface area (Å²) in [4.78, 5) is -0.00558. The van der Waals surface area contributed by atoms with Crippen LogP contribution in [0.15, 0.2) is 41.4 Å². The lowest BCUT2D eigenvalue weighted by atomic mass is 10.3. The van der Waals surface area contributed by atoms with Crippen LogP contribution in [0.3, 0.4) is 0 Å². The van der Waals surface area contributed by atoms with Crippen LogP contribution in [-0.2, 0) is 17.1 Å². The lowest BCUT2D eigenvalue weighted by Crippen LogP contribution is -2.26. The van der Waals surface area contributed by atoms with Crippen molar-refractivity contribution >= 4 is 15.8 Å². The molecule has 8 heteroatoms. The van der Waals surface area contributed by atoms with Crippen LogP contribution in [0.4, 0.5) is 5.82 Å². The molecule has 21 heavy (non-hydrogen) atoms. The molecule has 0 fully saturated rings. The Hall–Kier alpha value is -2.06. The van der Waals surface area contributed by atoms with Crippen LogP contribution in [0.1, 0.15) is 6.42 Å². The highest BCUT2D eigenvalue weighted by molar-refractivity contribution is 7.89. The molecule has 2 aromatic rings. The number of anilines is 1. The molecular formula is C13H18N4O3S. The number of rotatable bonds is 7. The molecule has 114 valence electrons. The number of sulfonamides is 1. The van der Waals surface area contributed by atoms with Gasteiger partial charge >= 0.3 is 0 Å². The van der Waals surface area contributed by atoms with E-state index in [0.717, 1.165) is 5.75 Å². The number of para-hydroxylation sites is 1. The molecule has 0 saturated carbocycles. The molecule has 3 N–H and O–H groups in total. The zero-order valence-electron chi connectivity index (χ0n) is 11.7. The van der Waals surface area contributed by atoms with E-state index >= 15 is 0 Å². The van der Waals surface area contributed by atoms with E-state index in [4.69, 9.17) is 10.5 Å². The van der Waals surface area contributed by atoms with Gasteiger partial charge in [-0.2, -0.15) is 5.10 Å². The second-order valence-corrected chi connectivity index (χ2v) is 6.20. The van der Waals surface area contributed by atoms with Crippen LogP contribution in [0.2, 0.25) is 0 Å². The molecule has 1 heterocycles. The second-order valence-electron chi connectivity index (χ2n) is 4.47. The first-order valence-electron chi connectivity index (χ1n) is 6.45. The van der Waals surface area contributed by atoms with Gasteiger partial charge in [-0.1, -0.05) is 18.2 Å². The Morgan fingerprint density at radius 3 is 2.67 bits per heavy atom. The topological polar surface area (TPSA) is 99.2 Å². The minimum absolute atomic E-state index is 0.00558. The van der Waals surface area contributed by atoms with Gasteiger partial charge in [0.15, 0.2) is 5.82 Å². The van der Waals surface area contributed by atoms with Gasteiger partial charge in [-0.15, -0.1) is 0 Å². The Morgan fingerprint density at radius 1 is 1.33 bits per heavy atom. The quantitative estimate of drug-likeness (QED) is 0.735. The van der Waals surface area contributed by atoms with Gasteiger partial charge in [-0.25, -0.2) is 13.1 Å². The van der Waals surface area contributed by atoms with Crippen LogP contribution >= 0.6 is 0 Å². The van der Waals surface area contributed by atoms with Gasteiger partial charge < -0.3 is 10.5 Å². The highest BCUT2D eigenvalue weighted by Gasteiger charge is 2.19. The average molecular weight is 310 g/mol. The fourth-order valence-corrected chi connectivity index (χ4v) is 2.93. The summed E-state index contributed by atoms with van der Waals surface area (Å²) in [6, 6.07) is 9.35. The van der Waals surface area contributed by atoms with E-state index < -0.39 is 10.0 Å². The molecule has 0 atom stereocenters. The van der Waals surface area contributed by atoms with E-state index in [9.17, 15) is 8.42 Å². The largest absolute Gasteiger partial charge is 0.494 e. The van der Waals surface area contributed by atoms with Gasteiger partial charge in [0, 0.05) is 19.8 Å². The molecule has 0 amide bonds. The maximum absolute atomic E-state index is 12.0. The molecule has 0 saturated heterocycles. The van der Waals surface area contributed by atoms with Gasteiger partial charge in [0.05, 0.1) is 6.61 Å². The maximum atomic E-state index is 12.0. The van der Waals surface area contributed by atoms with Gasteiger partial charge in [0.1, 0.15) is 10.6 Å². The first-order valence-corrected chi connectivity index (χ1v) is 7.94. The summed E-state index contributed by atoms with van der Waals surface area (Å²) in [7, 11) is -2.01. The number of hydrogen-bond donors (Lipinski definition) is 2. The molecule has 0 unspecified atom stereocenters. The zero-order valence-corrected chi connectivity index (χ0v) is 12.5. The van der Waals surface area contributed by atoms with E-state index in [0.29, 0.717) is 13.0 Å². The lowest BCUT2D eigenvalue weighted by molar-refractivity contribution is 0.311. The third kappa shape index (κ3) is 4.20. The van der Waals surface area contributed by atoms with Crippen molar-refractivity contribution in [3.8, 4) is 5.75 Å². The molecule has 7 nitrogen and oxygen atoms in total. The predicted octanol–water partition coefficient (Wildman–Crippen LogP) is 0.750. The van der Waals surface area contributed by atoms with E-state index in [1.165, 1.54) is 10.9 Å². The minimum Gasteiger partial charge on any atom is -0.494 e. The van der Waals surface area contributed by atoms with Crippen molar-refractivity contribution in [3.63, 3.8) is 0 Å². The fraction of sp³-hybridized carbons (Fsp3) is 0.308. The maximum Gasteiger partial charge on any atom is 0.245 e. The number of aryl methyl sites for hydroxylation is 1. The Labute approximate surface area is 123 Å². The monoisotopic (exact) mass is 310 g/mol. The molecule has 0 aliphatic carbocycles. The summed E-state index contributed by atoms with van der Waals surface area (Å²) < 4.78 is 33.3. The Balaban J connectivity index is 1.79. The number of nitrogens with zero attached hydrogens (tertiary/aromatic N) is 2. The summed E-state index contributed by atoms with van der Waals surface area (Å²) in [5, 5.41) is 3.81. The zero-order chi connectivity index (χ0) is 15.3. The fourth-order valence-electron chi connectivity index (χ4n) is 1.75. The number of nitrogens with one attached hydrogen (secondary N) is 1. The number of aromatic nitrogens is 2. The van der Waals surface area contributed by atoms with E-state index in [2.05, 4.69) is 9.82 Å². The lowest BCUT2D eigenvalue weighted by Gasteiger charge is -2.07. The van der Waals surface area contributed by atoms with Crippen LogP contribution in [-0.4, -0.2) is 31.3 Å². The molecule has 0 radical (unpaired) electrons. The molecular weight excluding hydrogens is 292 g/mol. The van der Waals surface area contributed by atoms with E-state index in [1.807, 2.05) is 30.3 Å². The van der Waals surface area contributed by atoms with Crippen molar-refractivity contribution in [1.29, 1.82) is 0 Å². The molecule has 0 aliphatic rings. The third-order valence-electron chi connectivity index (χ3n) is 2.74. The number of ether oxygens (including phenoxy) is 1. The molecule has 1 aromatic heterocycles. The third-order valence-corrected chi connectivity index (χ3v) is 4.21. The smallest absolute Gasteiger partial charge is 0.245 e. The van der Waals surface area contributed by atoms with Gasteiger partial charge in [0.25, 0.3) is 0 Å². The Morgan fingerprint density at radius 2 is 2.05 bits per heavy atom. The van der Waals surface area contributed by atoms with Crippen LogP contribution in [0.5, 0.6) is 5.75 Å². The van der Waals surface area contributed by atoms with Gasteiger partial charge in [-0.05, 0) is 18.6 Å². The highest BCUT2D eigenvalue weighted by atomic mass is 32.2. The summed E-state index contributed by atoms with van der Waals surface area (Å²) in [6.45, 7) is 0.693. The van der Waals surface area contributed by atoms with Crippen molar-refractivity contribution in [2.75, 3.05) is 18.9 Å². The standard InChI is InChI=1S/C13H18N4O3S/c1-17-10-12(13(14)16-17)21(18,19)15-8-5-9-20-11-6-3-2-4-7-11/h2-4,6-7,10,15H,5,8-9H2,1H3,(H2,14,16). The van der Waals surface area contributed by atoms with Crippen molar-refractivity contribution in [2.24, 2.45) is 7.05 Å². The highest BCUT2D eigenvalue weighted by Crippen LogP contribution is 2.15. The SMILES string of the molecule is Cn1cc(S(=O)(=O)NCCCOc2ccccc2)c(N)n1. The summed E-state index contributed by atoms with van der Waals surface area (Å²) in [6.07, 6.45) is 1.92. The van der Waals surface area contributed by atoms with E-state index in [1.54, 1.807) is 7.05 Å². The first kappa shape index (κ1) is 15.3. The Bertz CT molecular complexity index is 683. The molecule has 0 spiro atoms. The number of nitrogens with two attached hydrogens (primary N) is 1. The molecule has 2 rings (SSSR count). The average Bonchev–Trinajstić information content (AvgIpc) is 2.79. The van der Waals surface area contributed by atoms with Gasteiger partial charge in [0.2, 0.25) is 10.0 Å². The number of benzene rings is 1. The number of hydrogen-bond acceptors (Lipinski definition) is 5. The predicted molar refractivity (Wildman–Crippen MR) is 79.4 cm³/mol. The normalized spacial score (nSPS) is 11.5. The van der Waals surface area contributed by atoms with Crippen molar-refractivity contribution in [2.45, 2.75) is 11.3 Å². The van der Waals surface area contributed by atoms with Crippen molar-refractivity contribution in [1.82, 2.24) is 14.5 Å². The summed E-state index contributed by atoms with van der Waals surface area (Å²) in [5.74, 6) is 0.752. The molecule has 0 aliphatic heterocycles. The van der Waals surface area contributed by atoms with Gasteiger partial charge in [-0.3, -0.25) is 4.68 Å².